The third-order valence-corrected chi connectivity index (χ3v) is 12.4. The van der Waals surface area contributed by atoms with Crippen molar-refractivity contribution in [2.75, 3.05) is 0 Å². The lowest BCUT2D eigenvalue weighted by atomic mass is 9.89. The van der Waals surface area contributed by atoms with Crippen LogP contribution >= 0.6 is 0 Å². The highest BCUT2D eigenvalue weighted by molar-refractivity contribution is 6.18. The molecule has 10 aromatic rings. The lowest BCUT2D eigenvalue weighted by Crippen LogP contribution is -1.89. The second-order valence-corrected chi connectivity index (χ2v) is 15.2. The highest BCUT2D eigenvalue weighted by Gasteiger charge is 2.25. The SMILES string of the molecule is c1cc2c3c(cccc3c1)-c1cc(-c3cc(-c4ccc5c(c4)-c4cccc6cccc-5c46)cc(-c4ccc5c(c4)-c4cccc6cccc-5c46)c3)ccc1-2. The summed E-state index contributed by atoms with van der Waals surface area (Å²) in [7, 11) is 0. The molecule has 54 heavy (non-hydrogen) atoms. The highest BCUT2D eigenvalue weighted by Crippen LogP contribution is 2.52. The Morgan fingerprint density at radius 1 is 0.167 bits per heavy atom. The summed E-state index contributed by atoms with van der Waals surface area (Å²) < 4.78 is 0. The van der Waals surface area contributed by atoms with E-state index in [1.165, 1.54) is 132 Å². The van der Waals surface area contributed by atoms with Crippen molar-refractivity contribution in [3.8, 4) is 100 Å². The summed E-state index contributed by atoms with van der Waals surface area (Å²) in [5.41, 5.74) is 23.3. The van der Waals surface area contributed by atoms with Crippen molar-refractivity contribution in [2.24, 2.45) is 0 Å². The fourth-order valence-corrected chi connectivity index (χ4v) is 10.0. The summed E-state index contributed by atoms with van der Waals surface area (Å²) in [6.45, 7) is 0. The van der Waals surface area contributed by atoms with Gasteiger partial charge in [-0.3, -0.25) is 0 Å². The summed E-state index contributed by atoms with van der Waals surface area (Å²) in [6, 6.07) is 68.7. The predicted molar refractivity (Wildman–Crippen MR) is 229 cm³/mol. The second-order valence-electron chi connectivity index (χ2n) is 15.2. The van der Waals surface area contributed by atoms with Crippen molar-refractivity contribution >= 4 is 32.3 Å². The number of rotatable bonds is 3. The maximum atomic E-state index is 2.42. The quantitative estimate of drug-likeness (QED) is 0.174. The van der Waals surface area contributed by atoms with Gasteiger partial charge in [0, 0.05) is 0 Å². The van der Waals surface area contributed by atoms with Gasteiger partial charge < -0.3 is 0 Å². The molecule has 3 aliphatic carbocycles. The van der Waals surface area contributed by atoms with Crippen molar-refractivity contribution < 1.29 is 0 Å². The number of hydrogen-bond acceptors (Lipinski definition) is 0. The van der Waals surface area contributed by atoms with Gasteiger partial charge in [-0.25, -0.2) is 0 Å². The minimum absolute atomic E-state index is 1.23. The van der Waals surface area contributed by atoms with Crippen LogP contribution < -0.4 is 0 Å². The highest BCUT2D eigenvalue weighted by atomic mass is 14.3. The van der Waals surface area contributed by atoms with E-state index in [-0.39, 0.29) is 0 Å². The molecular formula is C54H30. The van der Waals surface area contributed by atoms with E-state index >= 15 is 0 Å². The minimum atomic E-state index is 1.23. The van der Waals surface area contributed by atoms with E-state index in [0.29, 0.717) is 0 Å². The lowest BCUT2D eigenvalue weighted by molar-refractivity contribution is 1.57. The van der Waals surface area contributed by atoms with Gasteiger partial charge >= 0.3 is 0 Å². The molecule has 0 spiro atoms. The molecule has 0 bridgehead atoms. The van der Waals surface area contributed by atoms with Crippen LogP contribution in [-0.4, -0.2) is 0 Å². The second kappa shape index (κ2) is 10.3. The van der Waals surface area contributed by atoms with Gasteiger partial charge in [-0.2, -0.15) is 0 Å². The molecule has 0 amide bonds. The molecule has 0 nitrogen and oxygen atoms in total. The van der Waals surface area contributed by atoms with Crippen LogP contribution in [0.15, 0.2) is 182 Å². The van der Waals surface area contributed by atoms with Crippen LogP contribution in [0.2, 0.25) is 0 Å². The summed E-state index contributed by atoms with van der Waals surface area (Å²) in [4.78, 5) is 0. The van der Waals surface area contributed by atoms with Crippen LogP contribution in [0.1, 0.15) is 0 Å². The van der Waals surface area contributed by atoms with Gasteiger partial charge in [0.2, 0.25) is 0 Å². The molecule has 0 fully saturated rings. The van der Waals surface area contributed by atoms with Gasteiger partial charge in [0.1, 0.15) is 0 Å². The Balaban J connectivity index is 1.02. The summed E-state index contributed by atoms with van der Waals surface area (Å²) >= 11 is 0. The Bertz CT molecular complexity index is 2940. The maximum absolute atomic E-state index is 2.42. The van der Waals surface area contributed by atoms with E-state index in [1.54, 1.807) is 0 Å². The molecule has 0 saturated heterocycles. The summed E-state index contributed by atoms with van der Waals surface area (Å²) in [5, 5.41) is 8.00. The zero-order valence-corrected chi connectivity index (χ0v) is 29.3. The predicted octanol–water partition coefficient (Wildman–Crippen LogP) is 15.1. The van der Waals surface area contributed by atoms with E-state index in [4.69, 9.17) is 0 Å². The first-order valence-electron chi connectivity index (χ1n) is 18.9. The third kappa shape index (κ3) is 3.77. The van der Waals surface area contributed by atoms with Crippen LogP contribution in [0.4, 0.5) is 0 Å². The monoisotopic (exact) mass is 678 g/mol. The minimum Gasteiger partial charge on any atom is -0.0610 e. The molecule has 3 aliphatic rings. The fourth-order valence-electron chi connectivity index (χ4n) is 10.0. The Morgan fingerprint density at radius 3 is 0.704 bits per heavy atom. The van der Waals surface area contributed by atoms with Crippen LogP contribution in [0.5, 0.6) is 0 Å². The zero-order valence-electron chi connectivity index (χ0n) is 29.3. The summed E-state index contributed by atoms with van der Waals surface area (Å²) in [5.74, 6) is 0. The normalized spacial score (nSPS) is 12.4. The standard InChI is InChI=1S/C54H30/c1-7-31-10-4-16-46-49-28-34(19-22-40(49)43(13-1)52(31)46)37-25-38(35-20-23-41-44-14-2-8-32-11-5-17-47(53(32)44)50(41)29-35)27-39(26-37)36-21-24-42-45-15-3-9-33-12-6-18-48(54(33)45)51(42)30-36/h1-30H. The number of hydrogen-bond donors (Lipinski definition) is 0. The molecular weight excluding hydrogens is 649 g/mol. The van der Waals surface area contributed by atoms with E-state index in [0.717, 1.165) is 0 Å². The Morgan fingerprint density at radius 2 is 0.426 bits per heavy atom. The fraction of sp³-hybridized carbons (Fsp3) is 0. The first-order valence-corrected chi connectivity index (χ1v) is 18.9. The maximum Gasteiger partial charge on any atom is -0.00264 e. The van der Waals surface area contributed by atoms with Gasteiger partial charge in [-0.15, -0.1) is 0 Å². The van der Waals surface area contributed by atoms with Crippen LogP contribution in [-0.2, 0) is 0 Å². The van der Waals surface area contributed by atoms with Crippen molar-refractivity contribution in [3.63, 3.8) is 0 Å². The van der Waals surface area contributed by atoms with Gasteiger partial charge in [0.25, 0.3) is 0 Å². The Labute approximate surface area is 313 Å². The molecule has 0 radical (unpaired) electrons. The average molecular weight is 679 g/mol. The first-order chi connectivity index (χ1) is 26.7. The number of fused-ring (bicyclic) bond motifs is 9. The van der Waals surface area contributed by atoms with E-state index < -0.39 is 0 Å². The smallest absolute Gasteiger partial charge is 0.00264 e. The molecule has 0 saturated carbocycles. The molecule has 0 N–H and O–H groups in total. The van der Waals surface area contributed by atoms with Crippen molar-refractivity contribution in [2.45, 2.75) is 0 Å². The Hall–Kier alpha value is -7.02. The molecule has 13 rings (SSSR count). The largest absolute Gasteiger partial charge is 0.0610 e. The molecule has 0 aliphatic heterocycles. The molecule has 246 valence electrons. The first kappa shape index (κ1) is 28.6. The molecule has 0 atom stereocenters. The van der Waals surface area contributed by atoms with Crippen LogP contribution in [0.25, 0.3) is 132 Å². The lowest BCUT2D eigenvalue weighted by Gasteiger charge is -2.15. The van der Waals surface area contributed by atoms with Crippen molar-refractivity contribution in [3.05, 3.63) is 182 Å². The molecule has 0 unspecified atom stereocenters. The van der Waals surface area contributed by atoms with Crippen LogP contribution in [0.3, 0.4) is 0 Å². The van der Waals surface area contributed by atoms with Gasteiger partial charge in [0.15, 0.2) is 0 Å². The molecule has 0 heteroatoms. The number of benzene rings is 10. The van der Waals surface area contributed by atoms with Crippen LogP contribution in [0, 0.1) is 0 Å². The third-order valence-electron chi connectivity index (χ3n) is 12.4. The summed E-state index contributed by atoms with van der Waals surface area (Å²) in [6.07, 6.45) is 0. The van der Waals surface area contributed by atoms with E-state index in [2.05, 4.69) is 182 Å². The van der Waals surface area contributed by atoms with Gasteiger partial charge in [-0.05, 0) is 169 Å². The zero-order chi connectivity index (χ0) is 35.1. The molecule has 10 aromatic carbocycles. The van der Waals surface area contributed by atoms with Crippen molar-refractivity contribution in [1.29, 1.82) is 0 Å². The molecule has 0 aromatic heterocycles. The topological polar surface area (TPSA) is 0 Å². The van der Waals surface area contributed by atoms with Gasteiger partial charge in [-0.1, -0.05) is 146 Å². The molecule has 0 heterocycles. The van der Waals surface area contributed by atoms with E-state index in [1.807, 2.05) is 0 Å². The van der Waals surface area contributed by atoms with Crippen molar-refractivity contribution in [1.82, 2.24) is 0 Å². The van der Waals surface area contributed by atoms with E-state index in [9.17, 15) is 0 Å². The average Bonchev–Trinajstić information content (AvgIpc) is 3.86. The van der Waals surface area contributed by atoms with Gasteiger partial charge in [0.05, 0.1) is 0 Å². The Kier molecular flexibility index (Phi) is 5.45.